The van der Waals surface area contributed by atoms with Crippen LogP contribution in [-0.4, -0.2) is 128 Å². The van der Waals surface area contributed by atoms with Crippen LogP contribution in [0.2, 0.25) is 0 Å². The van der Waals surface area contributed by atoms with Crippen molar-refractivity contribution in [2.75, 3.05) is 0 Å². The SMILES string of the molecule is C.O=P(O)(O)O.[CaH2].[CaH2].[CaH2]. The minimum atomic E-state index is -4.64. The van der Waals surface area contributed by atoms with Crippen molar-refractivity contribution >= 4 is 121 Å². The topological polar surface area (TPSA) is 77.8 Å². The monoisotopic (exact) mass is 240 g/mol. The van der Waals surface area contributed by atoms with Gasteiger partial charge in [0.2, 0.25) is 0 Å². The second kappa shape index (κ2) is 14.4. The van der Waals surface area contributed by atoms with Crippen LogP contribution >= 0.6 is 7.82 Å². The van der Waals surface area contributed by atoms with E-state index in [1.807, 2.05) is 0 Å². The Kier molecular flexibility index (Phi) is 46.9. The molecule has 0 aromatic rings. The molecule has 0 aromatic carbocycles. The van der Waals surface area contributed by atoms with Crippen molar-refractivity contribution in [2.45, 2.75) is 7.43 Å². The van der Waals surface area contributed by atoms with E-state index in [0.717, 1.165) is 0 Å². The molecule has 0 heterocycles. The number of rotatable bonds is 0. The van der Waals surface area contributed by atoms with Crippen LogP contribution in [0.15, 0.2) is 0 Å². The summed E-state index contributed by atoms with van der Waals surface area (Å²) in [6.45, 7) is 0. The van der Waals surface area contributed by atoms with Gasteiger partial charge < -0.3 is 14.7 Å². The Hall–Kier alpha value is 3.89. The fourth-order valence-electron chi connectivity index (χ4n) is 0. The molecule has 0 spiro atoms. The van der Waals surface area contributed by atoms with Gasteiger partial charge in [-0.15, -0.1) is 0 Å². The predicted octanol–water partition coefficient (Wildman–Crippen LogP) is -3.04. The molecule has 0 amide bonds. The zero-order chi connectivity index (χ0) is 4.50. The molecular formula is CH13Ca3O4P. The third-order valence-corrected chi connectivity index (χ3v) is 0. The molecule has 0 unspecified atom stereocenters. The van der Waals surface area contributed by atoms with Crippen LogP contribution in [0, 0.1) is 0 Å². The van der Waals surface area contributed by atoms with Gasteiger partial charge in [0.1, 0.15) is 0 Å². The Morgan fingerprint density at radius 1 is 0.889 bits per heavy atom. The second-order valence-corrected chi connectivity index (χ2v) is 1.54. The predicted molar refractivity (Wildman–Crippen MR) is 46.6 cm³/mol. The van der Waals surface area contributed by atoms with E-state index in [-0.39, 0.29) is 121 Å². The summed E-state index contributed by atoms with van der Waals surface area (Å²) in [5.41, 5.74) is 0. The fourth-order valence-corrected chi connectivity index (χ4v) is 0. The Bertz CT molecular complexity index is 61.9. The van der Waals surface area contributed by atoms with Crippen molar-refractivity contribution in [3.05, 3.63) is 0 Å². The summed E-state index contributed by atoms with van der Waals surface area (Å²) in [4.78, 5) is 21.6. The molecule has 0 saturated heterocycles. The molecule has 0 fully saturated rings. The van der Waals surface area contributed by atoms with Gasteiger partial charge in [0.05, 0.1) is 0 Å². The first-order chi connectivity index (χ1) is 2.00. The van der Waals surface area contributed by atoms with Crippen molar-refractivity contribution in [3.63, 3.8) is 0 Å². The van der Waals surface area contributed by atoms with Crippen LogP contribution in [0.3, 0.4) is 0 Å². The molecule has 4 nitrogen and oxygen atoms in total. The van der Waals surface area contributed by atoms with Crippen LogP contribution in [0.4, 0.5) is 0 Å². The van der Waals surface area contributed by atoms with E-state index in [4.69, 9.17) is 19.2 Å². The van der Waals surface area contributed by atoms with Crippen LogP contribution in [0.25, 0.3) is 0 Å². The average molecular weight is 240 g/mol. The van der Waals surface area contributed by atoms with Gasteiger partial charge in [-0.25, -0.2) is 4.57 Å². The maximum atomic E-state index is 8.88. The van der Waals surface area contributed by atoms with Gasteiger partial charge in [-0.05, 0) is 0 Å². The molecule has 0 rings (SSSR count). The molecule has 0 bridgehead atoms. The quantitative estimate of drug-likeness (QED) is 0.311. The van der Waals surface area contributed by atoms with Gasteiger partial charge in [-0.2, -0.15) is 0 Å². The van der Waals surface area contributed by atoms with Gasteiger partial charge in [-0.1, -0.05) is 7.43 Å². The zero-order valence-corrected chi connectivity index (χ0v) is 3.09. The summed E-state index contributed by atoms with van der Waals surface area (Å²) in [6.07, 6.45) is 0. The van der Waals surface area contributed by atoms with Crippen molar-refractivity contribution in [1.82, 2.24) is 0 Å². The summed E-state index contributed by atoms with van der Waals surface area (Å²) in [6, 6.07) is 0. The molecule has 52 valence electrons. The van der Waals surface area contributed by atoms with E-state index in [2.05, 4.69) is 0 Å². The first kappa shape index (κ1) is 29.3. The normalized spacial score (nSPS) is 6.56. The van der Waals surface area contributed by atoms with Gasteiger partial charge in [0.25, 0.3) is 0 Å². The van der Waals surface area contributed by atoms with E-state index in [9.17, 15) is 0 Å². The second-order valence-electron chi connectivity index (χ2n) is 0.513. The summed E-state index contributed by atoms with van der Waals surface area (Å²) in [5.74, 6) is 0. The molecule has 0 aliphatic heterocycles. The average Bonchev–Trinajstić information content (AvgIpc) is 0.722. The molecule has 0 radical (unpaired) electrons. The number of phosphoric acid groups is 1. The first-order valence-corrected chi connectivity index (χ1v) is 2.35. The van der Waals surface area contributed by atoms with Gasteiger partial charge in [0.15, 0.2) is 0 Å². The van der Waals surface area contributed by atoms with E-state index in [0.29, 0.717) is 0 Å². The van der Waals surface area contributed by atoms with E-state index >= 15 is 0 Å². The fraction of sp³-hybridized carbons (Fsp3) is 1.00. The third-order valence-electron chi connectivity index (χ3n) is 0. The Morgan fingerprint density at radius 3 is 0.889 bits per heavy atom. The molecule has 8 heteroatoms. The summed E-state index contributed by atoms with van der Waals surface area (Å²) < 4.78 is 8.88. The Morgan fingerprint density at radius 2 is 0.889 bits per heavy atom. The van der Waals surface area contributed by atoms with E-state index < -0.39 is 7.82 Å². The van der Waals surface area contributed by atoms with Gasteiger partial charge >= 0.3 is 121 Å². The Labute approximate surface area is 144 Å². The van der Waals surface area contributed by atoms with Crippen LogP contribution < -0.4 is 0 Å². The van der Waals surface area contributed by atoms with Crippen LogP contribution in [-0.2, 0) is 4.57 Å². The van der Waals surface area contributed by atoms with Gasteiger partial charge in [0, 0.05) is 0 Å². The maximum absolute atomic E-state index is 8.88. The number of hydrogen-bond acceptors (Lipinski definition) is 1. The van der Waals surface area contributed by atoms with Gasteiger partial charge in [-0.3, -0.25) is 0 Å². The molecule has 9 heavy (non-hydrogen) atoms. The van der Waals surface area contributed by atoms with Crippen molar-refractivity contribution in [2.24, 2.45) is 0 Å². The molecular weight excluding hydrogens is 227 g/mol. The molecule has 0 aromatic heterocycles. The third kappa shape index (κ3) is 76.9. The van der Waals surface area contributed by atoms with E-state index in [1.165, 1.54) is 0 Å². The summed E-state index contributed by atoms with van der Waals surface area (Å²) in [7, 11) is -4.64. The van der Waals surface area contributed by atoms with Crippen LogP contribution in [0.1, 0.15) is 7.43 Å². The Balaban J connectivity index is -0.0000000133. The van der Waals surface area contributed by atoms with Crippen molar-refractivity contribution in [1.29, 1.82) is 0 Å². The molecule has 0 saturated carbocycles. The van der Waals surface area contributed by atoms with Crippen molar-refractivity contribution < 1.29 is 19.2 Å². The summed E-state index contributed by atoms with van der Waals surface area (Å²) in [5, 5.41) is 0. The first-order valence-electron chi connectivity index (χ1n) is 0.783. The molecule has 0 atom stereocenters. The van der Waals surface area contributed by atoms with E-state index in [1.54, 1.807) is 0 Å². The standard InChI is InChI=1S/CH4.3Ca.H3O4P.6H/c;;;;1-5(2,3)4;;;;;;/h1H4;;;;(H3,1,2,3,4);;;;;;. The van der Waals surface area contributed by atoms with Crippen molar-refractivity contribution in [3.8, 4) is 0 Å². The number of hydrogen-bond donors (Lipinski definition) is 3. The zero-order valence-electron chi connectivity index (χ0n) is 2.20. The molecule has 3 N–H and O–H groups in total. The van der Waals surface area contributed by atoms with Crippen LogP contribution in [0.5, 0.6) is 0 Å². The summed E-state index contributed by atoms with van der Waals surface area (Å²) >= 11 is 0. The molecule has 0 aliphatic carbocycles. The molecule has 0 aliphatic rings. The minimum absolute atomic E-state index is 0.